The van der Waals surface area contributed by atoms with Gasteiger partial charge < -0.3 is 15.2 Å². The molecule has 0 radical (unpaired) electrons. The molecule has 1 amide bonds. The Kier molecular flexibility index (Phi) is 4.26. The van der Waals surface area contributed by atoms with E-state index in [1.807, 2.05) is 0 Å². The Bertz CT molecular complexity index is 392. The summed E-state index contributed by atoms with van der Waals surface area (Å²) in [5.41, 5.74) is 5.21. The molecule has 0 aromatic carbocycles. The van der Waals surface area contributed by atoms with Crippen molar-refractivity contribution in [1.29, 1.82) is 0 Å². The number of ether oxygens (including phenoxy) is 2. The Morgan fingerprint density at radius 3 is 2.81 bits per heavy atom. The molecular formula is C10H13N2O4+. The lowest BCUT2D eigenvalue weighted by molar-refractivity contribution is -0.727. The number of pyridine rings is 1. The lowest BCUT2D eigenvalue weighted by Crippen LogP contribution is -2.37. The van der Waals surface area contributed by atoms with Gasteiger partial charge in [0.05, 0.1) is 6.61 Å². The molecule has 6 heteroatoms. The van der Waals surface area contributed by atoms with Gasteiger partial charge in [0.25, 0.3) is 6.73 Å². The van der Waals surface area contributed by atoms with Crippen LogP contribution in [0.15, 0.2) is 24.5 Å². The Hall–Kier alpha value is -2.11. The summed E-state index contributed by atoms with van der Waals surface area (Å²) in [5.74, 6) is -0.420. The van der Waals surface area contributed by atoms with E-state index in [4.69, 9.17) is 10.5 Å². The number of carbonyl (C=O) groups excluding carboxylic acids is 2. The minimum Gasteiger partial charge on any atom is -0.462 e. The van der Waals surface area contributed by atoms with Crippen LogP contribution in [0.1, 0.15) is 17.3 Å². The molecule has 0 fully saturated rings. The molecule has 16 heavy (non-hydrogen) atoms. The van der Waals surface area contributed by atoms with Crippen molar-refractivity contribution in [3.63, 3.8) is 0 Å². The second-order valence-corrected chi connectivity index (χ2v) is 2.92. The predicted molar refractivity (Wildman–Crippen MR) is 53.3 cm³/mol. The summed E-state index contributed by atoms with van der Waals surface area (Å²) < 4.78 is 10.9. The monoisotopic (exact) mass is 225 g/mol. The number of carbonyl (C=O) groups is 2. The summed E-state index contributed by atoms with van der Waals surface area (Å²) in [6.07, 6.45) is 2.29. The fourth-order valence-electron chi connectivity index (χ4n) is 1.08. The molecule has 2 N–H and O–H groups in total. The maximum absolute atomic E-state index is 11.4. The number of esters is 1. The molecule has 86 valence electrons. The smallest absolute Gasteiger partial charge is 0.409 e. The average molecular weight is 225 g/mol. The van der Waals surface area contributed by atoms with E-state index in [1.54, 1.807) is 25.3 Å². The van der Waals surface area contributed by atoms with E-state index >= 15 is 0 Å². The minimum absolute atomic E-state index is 0.0391. The van der Waals surface area contributed by atoms with Crippen LogP contribution < -0.4 is 10.3 Å². The van der Waals surface area contributed by atoms with Crippen molar-refractivity contribution >= 4 is 12.1 Å². The molecule has 1 aromatic rings. The van der Waals surface area contributed by atoms with E-state index in [9.17, 15) is 9.59 Å². The van der Waals surface area contributed by atoms with Gasteiger partial charge >= 0.3 is 12.1 Å². The number of rotatable bonds is 4. The van der Waals surface area contributed by atoms with Gasteiger partial charge in [0, 0.05) is 6.07 Å². The first-order valence-electron chi connectivity index (χ1n) is 4.72. The molecule has 0 aliphatic rings. The number of primary amides is 1. The van der Waals surface area contributed by atoms with Crippen molar-refractivity contribution in [3.05, 3.63) is 30.1 Å². The van der Waals surface area contributed by atoms with Gasteiger partial charge in [-0.05, 0) is 13.0 Å². The summed E-state index contributed by atoms with van der Waals surface area (Å²) in [7, 11) is 0. The van der Waals surface area contributed by atoms with Crippen LogP contribution in [0.5, 0.6) is 0 Å². The zero-order valence-electron chi connectivity index (χ0n) is 8.88. The SMILES string of the molecule is CCOC(=O)c1ccc[n+](COC(N)=O)c1. The molecule has 1 heterocycles. The zero-order valence-corrected chi connectivity index (χ0v) is 8.88. The lowest BCUT2D eigenvalue weighted by atomic mass is 10.3. The average Bonchev–Trinajstić information content (AvgIpc) is 2.27. The summed E-state index contributed by atoms with van der Waals surface area (Å²) in [5, 5.41) is 0. The van der Waals surface area contributed by atoms with E-state index in [0.29, 0.717) is 12.2 Å². The normalized spacial score (nSPS) is 9.56. The van der Waals surface area contributed by atoms with E-state index < -0.39 is 12.1 Å². The second kappa shape index (κ2) is 5.69. The summed E-state index contributed by atoms with van der Waals surface area (Å²) >= 11 is 0. The maximum atomic E-state index is 11.4. The van der Waals surface area contributed by atoms with Gasteiger partial charge in [-0.3, -0.25) is 0 Å². The number of nitrogens with zero attached hydrogens (tertiary/aromatic N) is 1. The fourth-order valence-corrected chi connectivity index (χ4v) is 1.08. The number of amides is 1. The Balaban J connectivity index is 2.70. The highest BCUT2D eigenvalue weighted by Gasteiger charge is 2.11. The van der Waals surface area contributed by atoms with Crippen molar-refractivity contribution in [2.24, 2.45) is 5.73 Å². The fraction of sp³-hybridized carbons (Fsp3) is 0.300. The molecular weight excluding hydrogens is 212 g/mol. The van der Waals surface area contributed by atoms with Gasteiger partial charge in [-0.25, -0.2) is 9.59 Å². The van der Waals surface area contributed by atoms with Gasteiger partial charge in [-0.1, -0.05) is 0 Å². The van der Waals surface area contributed by atoms with Crippen LogP contribution in [0.3, 0.4) is 0 Å². The van der Waals surface area contributed by atoms with Crippen molar-refractivity contribution in [1.82, 2.24) is 0 Å². The van der Waals surface area contributed by atoms with Crippen molar-refractivity contribution in [2.45, 2.75) is 13.7 Å². The second-order valence-electron chi connectivity index (χ2n) is 2.92. The van der Waals surface area contributed by atoms with Crippen LogP contribution in [0.2, 0.25) is 0 Å². The first-order valence-corrected chi connectivity index (χ1v) is 4.72. The minimum atomic E-state index is -0.867. The van der Waals surface area contributed by atoms with Crippen molar-refractivity contribution in [3.8, 4) is 0 Å². The maximum Gasteiger partial charge on any atom is 0.409 e. The van der Waals surface area contributed by atoms with Crippen LogP contribution >= 0.6 is 0 Å². The highest BCUT2D eigenvalue weighted by Crippen LogP contribution is 1.97. The third-order valence-corrected chi connectivity index (χ3v) is 1.73. The highest BCUT2D eigenvalue weighted by atomic mass is 16.6. The first-order chi connectivity index (χ1) is 7.63. The molecule has 0 aliphatic carbocycles. The van der Waals surface area contributed by atoms with E-state index in [1.165, 1.54) is 10.8 Å². The third kappa shape index (κ3) is 3.56. The Labute approximate surface area is 92.6 Å². The topological polar surface area (TPSA) is 82.5 Å². The molecule has 0 saturated heterocycles. The quantitative estimate of drug-likeness (QED) is 0.586. The molecule has 0 unspecified atom stereocenters. The molecule has 6 nitrogen and oxygen atoms in total. The number of nitrogens with two attached hydrogens (primary N) is 1. The van der Waals surface area contributed by atoms with E-state index in [-0.39, 0.29) is 6.73 Å². The number of hydrogen-bond donors (Lipinski definition) is 1. The lowest BCUT2D eigenvalue weighted by Gasteiger charge is -2.01. The first kappa shape index (κ1) is 12.0. The van der Waals surface area contributed by atoms with Crippen LogP contribution in [-0.2, 0) is 16.2 Å². The van der Waals surface area contributed by atoms with Gasteiger partial charge in [0.15, 0.2) is 12.4 Å². The van der Waals surface area contributed by atoms with Crippen LogP contribution in [0.4, 0.5) is 4.79 Å². The van der Waals surface area contributed by atoms with Crippen molar-refractivity contribution in [2.75, 3.05) is 6.61 Å². The number of hydrogen-bond acceptors (Lipinski definition) is 4. The van der Waals surface area contributed by atoms with Crippen LogP contribution in [0, 0.1) is 0 Å². The van der Waals surface area contributed by atoms with E-state index in [0.717, 1.165) is 0 Å². The zero-order chi connectivity index (χ0) is 12.0. The molecule has 0 aliphatic heterocycles. The predicted octanol–water partition coefficient (Wildman–Crippen LogP) is 0.204. The van der Waals surface area contributed by atoms with Gasteiger partial charge in [-0.15, -0.1) is 0 Å². The molecule has 1 aromatic heterocycles. The van der Waals surface area contributed by atoms with Crippen molar-refractivity contribution < 1.29 is 23.6 Å². The molecule has 0 bridgehead atoms. The highest BCUT2D eigenvalue weighted by molar-refractivity contribution is 5.88. The van der Waals surface area contributed by atoms with Gasteiger partial charge in [0.2, 0.25) is 0 Å². The Morgan fingerprint density at radius 2 is 2.19 bits per heavy atom. The molecule has 0 saturated carbocycles. The van der Waals surface area contributed by atoms with Gasteiger partial charge in [-0.2, -0.15) is 4.57 Å². The standard InChI is InChI=1S/C10H12N2O4/c1-2-15-9(13)8-4-3-5-12(6-8)7-16-10(11)14/h3-6H,2,7H2,1H3,(H-,11,14)/p+1. The number of aromatic nitrogens is 1. The molecule has 0 atom stereocenters. The summed E-state index contributed by atoms with van der Waals surface area (Å²) in [6.45, 7) is 2.00. The third-order valence-electron chi connectivity index (χ3n) is 1.73. The molecule has 0 spiro atoms. The Morgan fingerprint density at radius 1 is 1.44 bits per heavy atom. The van der Waals surface area contributed by atoms with E-state index in [2.05, 4.69) is 4.74 Å². The summed E-state index contributed by atoms with van der Waals surface area (Å²) in [6, 6.07) is 3.26. The largest absolute Gasteiger partial charge is 0.462 e. The summed E-state index contributed by atoms with van der Waals surface area (Å²) in [4.78, 5) is 21.8. The van der Waals surface area contributed by atoms with Gasteiger partial charge in [0.1, 0.15) is 5.56 Å². The van der Waals surface area contributed by atoms with Crippen LogP contribution in [-0.4, -0.2) is 18.7 Å². The molecule has 1 rings (SSSR count). The van der Waals surface area contributed by atoms with Crippen LogP contribution in [0.25, 0.3) is 0 Å².